The maximum atomic E-state index is 11.8. The van der Waals surface area contributed by atoms with Gasteiger partial charge in [0.1, 0.15) is 0 Å². The monoisotopic (exact) mass is 586 g/mol. The maximum absolute atomic E-state index is 11.8. The molecule has 0 heterocycles. The van der Waals surface area contributed by atoms with Gasteiger partial charge in [0, 0.05) is 0 Å². The first-order valence-electron chi connectivity index (χ1n) is 14.3. The second kappa shape index (κ2) is 27.2. The summed E-state index contributed by atoms with van der Waals surface area (Å²) in [5.41, 5.74) is 0. The quantitative estimate of drug-likeness (QED) is 0.0589. The summed E-state index contributed by atoms with van der Waals surface area (Å²) in [6.45, 7) is 4.74. The zero-order valence-electron chi connectivity index (χ0n) is 24.2. The van der Waals surface area contributed by atoms with Crippen LogP contribution in [0.5, 0.6) is 0 Å². The third-order valence-electron chi connectivity index (χ3n) is 5.99. The molecule has 0 aliphatic rings. The molecule has 0 aliphatic carbocycles. The average Bonchev–Trinajstić information content (AvgIpc) is 2.86. The fourth-order valence-electron chi connectivity index (χ4n) is 3.81. The number of rotatable bonds is 23. The third-order valence-corrected chi connectivity index (χ3v) is 7.78. The molecule has 7 nitrogen and oxygen atoms in total. The molecule has 0 saturated heterocycles. The second-order valence-electron chi connectivity index (χ2n) is 9.48. The Balaban J connectivity index is 0. The van der Waals surface area contributed by atoms with E-state index in [1.165, 1.54) is 83.5 Å². The van der Waals surface area contributed by atoms with Crippen molar-refractivity contribution in [3.63, 3.8) is 0 Å². The Kier molecular flexibility index (Phi) is 28.7. The van der Waals surface area contributed by atoms with Crippen LogP contribution in [0.3, 0.4) is 0 Å². The Labute approximate surface area is 256 Å². The van der Waals surface area contributed by atoms with Crippen LogP contribution in [0.4, 0.5) is 0 Å². The van der Waals surface area contributed by atoms with Gasteiger partial charge in [-0.3, -0.25) is 8.37 Å². The van der Waals surface area contributed by atoms with Crippen LogP contribution in [-0.4, -0.2) is 34.6 Å². The summed E-state index contributed by atoms with van der Waals surface area (Å²) in [5.74, 6) is 0. The van der Waals surface area contributed by atoms with Crippen molar-refractivity contribution in [2.45, 2.75) is 134 Å². The van der Waals surface area contributed by atoms with Gasteiger partial charge in [0.15, 0.2) is 0 Å². The van der Waals surface area contributed by atoms with Gasteiger partial charge in [0.2, 0.25) is 10.4 Å². The summed E-state index contributed by atoms with van der Waals surface area (Å²) in [6.07, 6.45) is 21.1. The molecular formula is C28H51NaO7S2. The van der Waals surface area contributed by atoms with Gasteiger partial charge in [-0.1, -0.05) is 135 Å². The van der Waals surface area contributed by atoms with Gasteiger partial charge in [0.25, 0.3) is 10.1 Å². The van der Waals surface area contributed by atoms with Gasteiger partial charge in [-0.15, -0.1) is 0 Å². The molecule has 218 valence electrons. The van der Waals surface area contributed by atoms with E-state index >= 15 is 0 Å². The Morgan fingerprint density at radius 1 is 0.553 bits per heavy atom. The molecule has 1 aromatic rings. The van der Waals surface area contributed by atoms with Crippen LogP contribution in [0.25, 0.3) is 0 Å². The fourth-order valence-corrected chi connectivity index (χ4v) is 5.10. The van der Waals surface area contributed by atoms with Crippen LogP contribution in [0.15, 0.2) is 35.2 Å². The van der Waals surface area contributed by atoms with Gasteiger partial charge >= 0.3 is 29.6 Å². The maximum Gasteiger partial charge on any atom is 1.00 e. The third kappa shape index (κ3) is 27.6. The standard InChI is InChI=1S/C16H26O3S.C12H26O4S.Na/c1-2-3-4-5-6-7-8-12-15-19-20(17,18)16-13-10-9-11-14-16;1-2-3-4-5-6-7-8-9-10-11-12-16-17(13,14)15;/h9-11,13-14H,2-8,12,15H2,1H3;2-12H2,1H3,(H,13,14,15);/q;;+1/p-1. The number of unbranched alkanes of at least 4 members (excludes halogenated alkanes) is 16. The molecule has 0 aromatic heterocycles. The fraction of sp³-hybridized carbons (Fsp3) is 0.786. The first-order chi connectivity index (χ1) is 17.7. The minimum absolute atomic E-state index is 0. The molecule has 38 heavy (non-hydrogen) atoms. The molecule has 1 rings (SSSR count). The average molecular weight is 587 g/mol. The molecular weight excluding hydrogens is 535 g/mol. The Morgan fingerprint density at radius 2 is 0.895 bits per heavy atom. The zero-order chi connectivity index (χ0) is 27.7. The second-order valence-corrected chi connectivity index (χ2v) is 12.1. The van der Waals surface area contributed by atoms with E-state index in [0.717, 1.165) is 25.7 Å². The van der Waals surface area contributed by atoms with Crippen LogP contribution in [0.2, 0.25) is 0 Å². The van der Waals surface area contributed by atoms with Crippen LogP contribution in [-0.2, 0) is 28.9 Å². The van der Waals surface area contributed by atoms with E-state index in [-0.39, 0.29) is 47.7 Å². The molecule has 0 amide bonds. The number of hydrogen-bond acceptors (Lipinski definition) is 7. The van der Waals surface area contributed by atoms with E-state index in [4.69, 9.17) is 4.18 Å². The summed E-state index contributed by atoms with van der Waals surface area (Å²) >= 11 is 0. The first kappa shape index (κ1) is 40.1. The van der Waals surface area contributed by atoms with Crippen molar-refractivity contribution in [3.8, 4) is 0 Å². The molecule has 0 bridgehead atoms. The van der Waals surface area contributed by atoms with E-state index in [9.17, 15) is 21.4 Å². The van der Waals surface area contributed by atoms with Crippen molar-refractivity contribution in [1.29, 1.82) is 0 Å². The molecule has 1 aromatic carbocycles. The minimum atomic E-state index is -4.48. The summed E-state index contributed by atoms with van der Waals surface area (Å²) < 4.78 is 63.1. The van der Waals surface area contributed by atoms with Crippen molar-refractivity contribution < 1.29 is 59.3 Å². The Hall–Kier alpha value is 0. The smallest absolute Gasteiger partial charge is 0.726 e. The predicted octanol–water partition coefficient (Wildman–Crippen LogP) is 4.92. The number of benzene rings is 1. The normalized spacial score (nSPS) is 11.4. The molecule has 0 fully saturated rings. The van der Waals surface area contributed by atoms with Crippen molar-refractivity contribution in [2.75, 3.05) is 13.2 Å². The van der Waals surface area contributed by atoms with Crippen molar-refractivity contribution >= 4 is 20.5 Å². The van der Waals surface area contributed by atoms with Crippen molar-refractivity contribution in [1.82, 2.24) is 0 Å². The molecule has 0 saturated carbocycles. The van der Waals surface area contributed by atoms with Crippen LogP contribution in [0, 0.1) is 0 Å². The molecule has 0 aliphatic heterocycles. The van der Waals surface area contributed by atoms with Crippen LogP contribution >= 0.6 is 0 Å². The van der Waals surface area contributed by atoms with Gasteiger partial charge in [0.05, 0.1) is 18.1 Å². The minimum Gasteiger partial charge on any atom is -0.726 e. The topological polar surface area (TPSA) is 110 Å². The summed E-state index contributed by atoms with van der Waals surface area (Å²) in [4.78, 5) is 0.236. The number of hydrogen-bond donors (Lipinski definition) is 0. The van der Waals surface area contributed by atoms with Gasteiger partial charge in [-0.25, -0.2) is 8.42 Å². The summed E-state index contributed by atoms with van der Waals surface area (Å²) in [5, 5.41) is 0. The van der Waals surface area contributed by atoms with Crippen LogP contribution < -0.4 is 29.6 Å². The molecule has 10 heteroatoms. The van der Waals surface area contributed by atoms with Gasteiger partial charge < -0.3 is 4.55 Å². The van der Waals surface area contributed by atoms with E-state index < -0.39 is 20.5 Å². The van der Waals surface area contributed by atoms with Gasteiger partial charge in [-0.2, -0.15) is 8.42 Å². The largest absolute Gasteiger partial charge is 1.00 e. The SMILES string of the molecule is CCCCCCCCCCCCOS(=O)(=O)[O-].CCCCCCCCCCOS(=O)(=O)c1ccccc1.[Na+]. The van der Waals surface area contributed by atoms with Gasteiger partial charge in [-0.05, 0) is 25.0 Å². The predicted molar refractivity (Wildman–Crippen MR) is 150 cm³/mol. The van der Waals surface area contributed by atoms with E-state index in [1.54, 1.807) is 30.3 Å². The van der Waals surface area contributed by atoms with E-state index in [2.05, 4.69) is 18.0 Å². The van der Waals surface area contributed by atoms with E-state index in [0.29, 0.717) is 6.42 Å². The zero-order valence-corrected chi connectivity index (χ0v) is 27.8. The first-order valence-corrected chi connectivity index (χ1v) is 17.0. The molecule has 0 atom stereocenters. The van der Waals surface area contributed by atoms with E-state index in [1.807, 2.05) is 0 Å². The summed E-state index contributed by atoms with van der Waals surface area (Å²) in [6, 6.07) is 8.31. The summed E-state index contributed by atoms with van der Waals surface area (Å²) in [7, 11) is -8.05. The Bertz CT molecular complexity index is 832. The molecule has 0 N–H and O–H groups in total. The molecule has 0 radical (unpaired) electrons. The van der Waals surface area contributed by atoms with Crippen molar-refractivity contribution in [2.24, 2.45) is 0 Å². The molecule has 0 spiro atoms. The van der Waals surface area contributed by atoms with Crippen molar-refractivity contribution in [3.05, 3.63) is 30.3 Å². The molecule has 0 unspecified atom stereocenters. The Morgan fingerprint density at radius 3 is 1.26 bits per heavy atom. The van der Waals surface area contributed by atoms with Crippen LogP contribution in [0.1, 0.15) is 129 Å².